The highest BCUT2D eigenvalue weighted by atomic mass is 32.2. The van der Waals surface area contributed by atoms with Gasteiger partial charge in [-0.25, -0.2) is 9.18 Å². The Bertz CT molecular complexity index is 984. The number of halogens is 3. The normalized spacial score (nSPS) is 34.8. The number of β-lactam (4-membered cyclic amide) rings is 1. The number of hydrogen-bond acceptors (Lipinski definition) is 7. The second-order valence-corrected chi connectivity index (χ2v) is 11.2. The van der Waals surface area contributed by atoms with E-state index in [1.807, 2.05) is 0 Å². The molecule has 0 saturated carbocycles. The van der Waals surface area contributed by atoms with Gasteiger partial charge in [0, 0.05) is 41.2 Å². The lowest BCUT2D eigenvalue weighted by molar-refractivity contribution is -0.159. The van der Waals surface area contributed by atoms with Gasteiger partial charge in [-0.05, 0) is 19.8 Å². The van der Waals surface area contributed by atoms with Crippen molar-refractivity contribution in [1.29, 1.82) is 0 Å². The van der Waals surface area contributed by atoms with Crippen LogP contribution in [0.4, 0.5) is 13.2 Å². The van der Waals surface area contributed by atoms with Crippen molar-refractivity contribution in [2.24, 2.45) is 17.6 Å². The number of likely N-dealkylation sites (tertiary alicyclic amines) is 1. The van der Waals surface area contributed by atoms with E-state index in [4.69, 9.17) is 5.73 Å². The number of nitrogens with two attached hydrogens (primary N) is 1. The monoisotopic (exact) mass is 533 g/mol. The molecule has 200 valence electrons. The van der Waals surface area contributed by atoms with Crippen LogP contribution in [0.3, 0.4) is 0 Å². The lowest BCUT2D eigenvalue weighted by Gasteiger charge is -2.47. The summed E-state index contributed by atoms with van der Waals surface area (Å²) >= 11 is 1.28. The number of carboxylic acid groups (broad SMARTS) is 1. The van der Waals surface area contributed by atoms with Gasteiger partial charge in [-0.1, -0.05) is 6.92 Å². The van der Waals surface area contributed by atoms with Crippen molar-refractivity contribution in [3.05, 3.63) is 10.6 Å². The minimum atomic E-state index is -3.22. The molecule has 8 atom stereocenters. The molecule has 0 aromatic carbocycles. The third-order valence-electron chi connectivity index (χ3n) is 7.49. The quantitative estimate of drug-likeness (QED) is 0.317. The van der Waals surface area contributed by atoms with Crippen LogP contribution in [0.5, 0.6) is 0 Å². The van der Waals surface area contributed by atoms with Crippen molar-refractivity contribution in [3.8, 4) is 0 Å². The molecule has 4 rings (SSSR count). The Balaban J connectivity index is 1.44. The van der Waals surface area contributed by atoms with Gasteiger partial charge in [-0.3, -0.25) is 14.4 Å². The SMILES string of the molecule is C[C@@H](NC(=O)C(F)F)[C@H]1C(=O)N2C(C(=O)O)=C(S[C@@H]3CN[C@H](C(=O)N4C[C@@H](N)C[C@H]4CF)C3)[C@H](C)[C@H]12. The summed E-state index contributed by atoms with van der Waals surface area (Å²) in [5.74, 6) is -4.77. The fourth-order valence-corrected chi connectivity index (χ4v) is 7.28. The van der Waals surface area contributed by atoms with E-state index in [0.717, 1.165) is 0 Å². The van der Waals surface area contributed by atoms with Gasteiger partial charge in [0.2, 0.25) is 11.8 Å². The van der Waals surface area contributed by atoms with Gasteiger partial charge in [0.25, 0.3) is 5.91 Å². The molecule has 0 spiro atoms. The number of nitrogens with zero attached hydrogens (tertiary/aromatic N) is 2. The Hall–Kier alpha value is -2.32. The van der Waals surface area contributed by atoms with Crippen LogP contribution in [0.15, 0.2) is 10.6 Å². The maximum atomic E-state index is 13.4. The summed E-state index contributed by atoms with van der Waals surface area (Å²) in [5, 5.41) is 15.0. The highest BCUT2D eigenvalue weighted by Crippen LogP contribution is 2.51. The highest BCUT2D eigenvalue weighted by molar-refractivity contribution is 8.03. The van der Waals surface area contributed by atoms with E-state index < -0.39 is 66.9 Å². The number of carbonyl (C=O) groups is 4. The minimum Gasteiger partial charge on any atom is -0.477 e. The molecular formula is C22H30F3N5O5S. The van der Waals surface area contributed by atoms with E-state index in [1.54, 1.807) is 6.92 Å². The van der Waals surface area contributed by atoms with Crippen molar-refractivity contribution in [2.75, 3.05) is 19.8 Å². The van der Waals surface area contributed by atoms with Crippen LogP contribution in [-0.2, 0) is 19.2 Å². The summed E-state index contributed by atoms with van der Waals surface area (Å²) < 4.78 is 38.7. The lowest BCUT2D eigenvalue weighted by Crippen LogP contribution is -2.66. The standard InChI is InChI=1S/C22H30F3N5O5S/c1-8-15-14(9(2)28-19(31)18(24)25)21(33)30(15)16(22(34)35)17(8)36-12-4-13(27-6-12)20(32)29-7-10(26)3-11(29)5-23/h8-15,18,27H,3-7,26H2,1-2H3,(H,28,31)(H,34,35)/t8-,9-,10+,11+,12+,13+,14-,15-/m1/s1. The van der Waals surface area contributed by atoms with Crippen molar-refractivity contribution in [1.82, 2.24) is 20.4 Å². The largest absolute Gasteiger partial charge is 0.477 e. The van der Waals surface area contributed by atoms with Gasteiger partial charge < -0.3 is 31.3 Å². The molecule has 36 heavy (non-hydrogen) atoms. The third-order valence-corrected chi connectivity index (χ3v) is 9.00. The molecule has 0 aromatic heterocycles. The molecule has 4 aliphatic rings. The van der Waals surface area contributed by atoms with Crippen molar-refractivity contribution in [3.63, 3.8) is 0 Å². The first-order valence-electron chi connectivity index (χ1n) is 11.9. The van der Waals surface area contributed by atoms with Gasteiger partial charge in [-0.15, -0.1) is 11.8 Å². The number of carboxylic acids is 1. The zero-order valence-corrected chi connectivity index (χ0v) is 20.6. The van der Waals surface area contributed by atoms with Gasteiger partial charge in [-0.2, -0.15) is 8.78 Å². The molecular weight excluding hydrogens is 503 g/mol. The lowest BCUT2D eigenvalue weighted by atomic mass is 9.78. The average molecular weight is 534 g/mol. The smallest absolute Gasteiger partial charge is 0.353 e. The first-order chi connectivity index (χ1) is 17.0. The molecule has 10 nitrogen and oxygen atoms in total. The number of nitrogens with one attached hydrogen (secondary N) is 2. The second-order valence-electron chi connectivity index (χ2n) is 9.86. The molecule has 3 saturated heterocycles. The van der Waals surface area contributed by atoms with Crippen LogP contribution >= 0.6 is 11.8 Å². The predicted molar refractivity (Wildman–Crippen MR) is 123 cm³/mol. The van der Waals surface area contributed by atoms with E-state index in [0.29, 0.717) is 24.3 Å². The Morgan fingerprint density at radius 2 is 2.00 bits per heavy atom. The maximum Gasteiger partial charge on any atom is 0.353 e. The molecule has 0 aliphatic carbocycles. The van der Waals surface area contributed by atoms with Crippen LogP contribution in [0.25, 0.3) is 0 Å². The zero-order chi connectivity index (χ0) is 26.5. The third kappa shape index (κ3) is 4.58. The number of carbonyl (C=O) groups excluding carboxylic acids is 3. The highest BCUT2D eigenvalue weighted by Gasteiger charge is 2.60. The summed E-state index contributed by atoms with van der Waals surface area (Å²) in [4.78, 5) is 52.4. The summed E-state index contributed by atoms with van der Waals surface area (Å²) in [7, 11) is 0. The summed E-state index contributed by atoms with van der Waals surface area (Å²) in [6, 6.07) is -2.85. The van der Waals surface area contributed by atoms with Crippen molar-refractivity contribution < 1.29 is 37.5 Å². The Labute approximate surface area is 210 Å². The van der Waals surface area contributed by atoms with E-state index in [-0.39, 0.29) is 29.4 Å². The van der Waals surface area contributed by atoms with Gasteiger partial charge in [0.15, 0.2) is 0 Å². The number of rotatable bonds is 8. The predicted octanol–water partition coefficient (Wildman–Crippen LogP) is -0.109. The first kappa shape index (κ1) is 26.7. The Morgan fingerprint density at radius 1 is 1.31 bits per heavy atom. The number of amides is 3. The average Bonchev–Trinajstić information content (AvgIpc) is 3.49. The molecule has 4 aliphatic heterocycles. The first-order valence-corrected chi connectivity index (χ1v) is 12.7. The Kier molecular flexibility index (Phi) is 7.58. The van der Waals surface area contributed by atoms with Crippen LogP contribution in [0.1, 0.15) is 26.7 Å². The number of hydrogen-bond donors (Lipinski definition) is 4. The number of aliphatic carboxylic acids is 1. The van der Waals surface area contributed by atoms with E-state index in [9.17, 15) is 37.5 Å². The van der Waals surface area contributed by atoms with Crippen LogP contribution in [0, 0.1) is 11.8 Å². The van der Waals surface area contributed by atoms with Crippen LogP contribution in [0.2, 0.25) is 0 Å². The van der Waals surface area contributed by atoms with Crippen LogP contribution < -0.4 is 16.4 Å². The van der Waals surface area contributed by atoms with Crippen molar-refractivity contribution in [2.45, 2.75) is 68.6 Å². The second kappa shape index (κ2) is 10.2. The van der Waals surface area contributed by atoms with E-state index in [1.165, 1.54) is 28.5 Å². The maximum absolute atomic E-state index is 13.4. The molecule has 3 amide bonds. The van der Waals surface area contributed by atoms with Gasteiger partial charge in [0.05, 0.1) is 24.0 Å². The van der Waals surface area contributed by atoms with E-state index in [2.05, 4.69) is 10.6 Å². The molecule has 14 heteroatoms. The summed E-state index contributed by atoms with van der Waals surface area (Å²) in [6.07, 6.45) is -2.43. The fourth-order valence-electron chi connectivity index (χ4n) is 5.80. The summed E-state index contributed by atoms with van der Waals surface area (Å²) in [5.41, 5.74) is 5.75. The fraction of sp³-hybridized carbons (Fsp3) is 0.727. The molecule has 0 aromatic rings. The number of thioether (sulfide) groups is 1. The minimum absolute atomic E-state index is 0.149. The number of fused-ring (bicyclic) bond motifs is 1. The van der Waals surface area contributed by atoms with E-state index >= 15 is 0 Å². The van der Waals surface area contributed by atoms with Crippen LogP contribution in [-0.4, -0.2) is 100 Å². The number of alkyl halides is 3. The molecule has 0 radical (unpaired) electrons. The van der Waals surface area contributed by atoms with Gasteiger partial charge in [0.1, 0.15) is 12.4 Å². The molecule has 4 heterocycles. The molecule has 0 bridgehead atoms. The molecule has 5 N–H and O–H groups in total. The van der Waals surface area contributed by atoms with Crippen molar-refractivity contribution >= 4 is 35.5 Å². The van der Waals surface area contributed by atoms with Gasteiger partial charge >= 0.3 is 12.4 Å². The topological polar surface area (TPSA) is 145 Å². The molecule has 3 fully saturated rings. The summed E-state index contributed by atoms with van der Waals surface area (Å²) in [6.45, 7) is 3.24. The zero-order valence-electron chi connectivity index (χ0n) is 19.8. The molecule has 0 unspecified atom stereocenters. The Morgan fingerprint density at radius 3 is 2.61 bits per heavy atom.